The zero-order chi connectivity index (χ0) is 11.7. The second-order valence-electron chi connectivity index (χ2n) is 5.38. The number of likely N-dealkylation sites (tertiary alicyclic amines) is 1. The Morgan fingerprint density at radius 2 is 1.87 bits per heavy atom. The molecule has 1 aliphatic heterocycles. The Kier molecular flexibility index (Phi) is 3.44. The molecule has 0 N–H and O–H groups in total. The first-order chi connectivity index (χ1) is 6.85. The molecule has 1 aliphatic rings. The first-order valence-corrected chi connectivity index (χ1v) is 5.78. The summed E-state index contributed by atoms with van der Waals surface area (Å²) in [5.41, 5.74) is -0.0749. The van der Waals surface area contributed by atoms with Crippen molar-refractivity contribution in [1.82, 2.24) is 4.90 Å². The third-order valence-electron chi connectivity index (χ3n) is 3.32. The van der Waals surface area contributed by atoms with Crippen LogP contribution < -0.4 is 0 Å². The van der Waals surface area contributed by atoms with E-state index in [9.17, 15) is 4.79 Å². The molecule has 1 saturated heterocycles. The molecule has 0 atom stereocenters. The molecule has 0 aromatic heterocycles. The van der Waals surface area contributed by atoms with Crippen LogP contribution in [0.4, 0.5) is 0 Å². The lowest BCUT2D eigenvalue weighted by atomic mass is 9.75. The molecule has 0 aromatic rings. The summed E-state index contributed by atoms with van der Waals surface area (Å²) in [5, 5.41) is 0. The third-order valence-corrected chi connectivity index (χ3v) is 3.32. The van der Waals surface area contributed by atoms with Gasteiger partial charge in [0.05, 0.1) is 12.0 Å². The van der Waals surface area contributed by atoms with Gasteiger partial charge >= 0.3 is 5.97 Å². The molecule has 3 nitrogen and oxygen atoms in total. The van der Waals surface area contributed by atoms with Crippen LogP contribution >= 0.6 is 0 Å². The molecule has 0 bridgehead atoms. The van der Waals surface area contributed by atoms with Gasteiger partial charge in [-0.2, -0.15) is 0 Å². The van der Waals surface area contributed by atoms with E-state index < -0.39 is 0 Å². The first-order valence-electron chi connectivity index (χ1n) is 5.78. The van der Waals surface area contributed by atoms with Crippen molar-refractivity contribution in [2.75, 3.05) is 19.7 Å². The maximum atomic E-state index is 11.8. The summed E-state index contributed by atoms with van der Waals surface area (Å²) in [5.74, 6) is -0.0204. The molecule has 0 spiro atoms. The van der Waals surface area contributed by atoms with Crippen molar-refractivity contribution in [2.45, 2.75) is 46.6 Å². The van der Waals surface area contributed by atoms with Gasteiger partial charge < -0.3 is 4.74 Å². The molecule has 0 amide bonds. The third kappa shape index (κ3) is 2.33. The first kappa shape index (κ1) is 12.5. The van der Waals surface area contributed by atoms with Gasteiger partial charge in [-0.25, -0.2) is 0 Å². The fourth-order valence-corrected chi connectivity index (χ4v) is 1.94. The summed E-state index contributed by atoms with van der Waals surface area (Å²) < 4.78 is 5.14. The van der Waals surface area contributed by atoms with E-state index in [2.05, 4.69) is 32.6 Å². The average Bonchev–Trinajstić information content (AvgIpc) is 2.01. The van der Waals surface area contributed by atoms with E-state index in [4.69, 9.17) is 4.74 Å². The summed E-state index contributed by atoms with van der Waals surface area (Å²) >= 11 is 0. The Morgan fingerprint density at radius 1 is 1.33 bits per heavy atom. The Balaban J connectivity index is 2.59. The highest BCUT2D eigenvalue weighted by atomic mass is 16.5. The summed E-state index contributed by atoms with van der Waals surface area (Å²) in [4.78, 5) is 14.1. The summed E-state index contributed by atoms with van der Waals surface area (Å²) in [6.45, 7) is 12.6. The monoisotopic (exact) mass is 213 g/mol. The molecule has 15 heavy (non-hydrogen) atoms. The van der Waals surface area contributed by atoms with Gasteiger partial charge in [-0.1, -0.05) is 6.92 Å². The predicted molar refractivity (Wildman–Crippen MR) is 60.7 cm³/mol. The van der Waals surface area contributed by atoms with Crippen molar-refractivity contribution in [1.29, 1.82) is 0 Å². The zero-order valence-corrected chi connectivity index (χ0v) is 10.6. The van der Waals surface area contributed by atoms with Crippen LogP contribution in [0.5, 0.6) is 0 Å². The van der Waals surface area contributed by atoms with E-state index in [1.165, 1.54) is 0 Å². The van der Waals surface area contributed by atoms with Crippen molar-refractivity contribution in [2.24, 2.45) is 5.41 Å². The lowest BCUT2D eigenvalue weighted by Gasteiger charge is -2.53. The Morgan fingerprint density at radius 3 is 2.20 bits per heavy atom. The molecule has 0 unspecified atom stereocenters. The van der Waals surface area contributed by atoms with E-state index in [1.807, 2.05) is 6.92 Å². The van der Waals surface area contributed by atoms with Gasteiger partial charge in [-0.15, -0.1) is 0 Å². The number of hydrogen-bond acceptors (Lipinski definition) is 3. The van der Waals surface area contributed by atoms with Gasteiger partial charge in [0, 0.05) is 18.6 Å². The van der Waals surface area contributed by atoms with Gasteiger partial charge in [-0.3, -0.25) is 9.69 Å². The van der Waals surface area contributed by atoms with E-state index in [0.717, 1.165) is 19.5 Å². The highest BCUT2D eigenvalue weighted by Gasteiger charge is 2.51. The van der Waals surface area contributed by atoms with E-state index in [0.29, 0.717) is 6.61 Å². The molecule has 3 heteroatoms. The number of esters is 1. The number of hydrogen-bond donors (Lipinski definition) is 0. The molecule has 0 saturated carbocycles. The number of carbonyl (C=O) groups excluding carboxylic acids is 1. The van der Waals surface area contributed by atoms with Crippen LogP contribution in [-0.4, -0.2) is 36.1 Å². The maximum Gasteiger partial charge on any atom is 0.314 e. The lowest BCUT2D eigenvalue weighted by molar-refractivity contribution is -0.172. The lowest BCUT2D eigenvalue weighted by Crippen LogP contribution is -2.65. The molecule has 1 rings (SSSR count). The number of ether oxygens (including phenoxy) is 1. The summed E-state index contributed by atoms with van der Waals surface area (Å²) in [7, 11) is 0. The molecular formula is C12H23NO2. The second kappa shape index (κ2) is 4.12. The van der Waals surface area contributed by atoms with Crippen LogP contribution in [-0.2, 0) is 9.53 Å². The Labute approximate surface area is 92.8 Å². The van der Waals surface area contributed by atoms with Crippen molar-refractivity contribution >= 4 is 5.97 Å². The molecule has 0 aromatic carbocycles. The van der Waals surface area contributed by atoms with Crippen LogP contribution in [0.15, 0.2) is 0 Å². The highest BCUT2D eigenvalue weighted by molar-refractivity contribution is 5.78. The van der Waals surface area contributed by atoms with Gasteiger partial charge in [0.2, 0.25) is 0 Å². The quantitative estimate of drug-likeness (QED) is 0.672. The summed E-state index contributed by atoms with van der Waals surface area (Å²) in [6, 6.07) is 0. The van der Waals surface area contributed by atoms with E-state index >= 15 is 0 Å². The van der Waals surface area contributed by atoms with Crippen molar-refractivity contribution < 1.29 is 9.53 Å². The Hall–Kier alpha value is -0.570. The molecule has 0 aliphatic carbocycles. The van der Waals surface area contributed by atoms with E-state index in [-0.39, 0.29) is 16.9 Å². The van der Waals surface area contributed by atoms with Crippen LogP contribution in [0.2, 0.25) is 0 Å². The van der Waals surface area contributed by atoms with Crippen molar-refractivity contribution in [3.05, 3.63) is 0 Å². The minimum atomic E-state index is -0.233. The largest absolute Gasteiger partial charge is 0.465 e. The van der Waals surface area contributed by atoms with Crippen LogP contribution in [0.1, 0.15) is 41.0 Å². The number of nitrogens with zero attached hydrogens (tertiary/aromatic N) is 1. The normalized spacial score (nSPS) is 20.9. The maximum absolute atomic E-state index is 11.8. The second-order valence-corrected chi connectivity index (χ2v) is 5.38. The fraction of sp³-hybridized carbons (Fsp3) is 0.917. The predicted octanol–water partition coefficient (Wildman–Crippen LogP) is 2.06. The standard InChI is InChI=1S/C12H23NO2/c1-6-12(10(14)15-7-2)8-13(9-12)11(3,4)5/h6-9H2,1-5H3. The topological polar surface area (TPSA) is 29.5 Å². The SMILES string of the molecule is CCOC(=O)C1(CC)CN(C(C)(C)C)C1. The van der Waals surface area contributed by atoms with Gasteiger partial charge in [-0.05, 0) is 34.1 Å². The summed E-state index contributed by atoms with van der Waals surface area (Å²) in [6.07, 6.45) is 0.873. The van der Waals surface area contributed by atoms with Crippen molar-refractivity contribution in [3.8, 4) is 0 Å². The minimum absolute atomic E-state index is 0.0204. The average molecular weight is 213 g/mol. The zero-order valence-electron chi connectivity index (χ0n) is 10.6. The van der Waals surface area contributed by atoms with Crippen LogP contribution in [0.25, 0.3) is 0 Å². The Bertz CT molecular complexity index is 236. The fourth-order valence-electron chi connectivity index (χ4n) is 1.94. The molecule has 1 heterocycles. The van der Waals surface area contributed by atoms with Crippen molar-refractivity contribution in [3.63, 3.8) is 0 Å². The van der Waals surface area contributed by atoms with Crippen LogP contribution in [0, 0.1) is 5.41 Å². The number of rotatable bonds is 3. The molecule has 1 fully saturated rings. The van der Waals surface area contributed by atoms with Gasteiger partial charge in [0.1, 0.15) is 0 Å². The smallest absolute Gasteiger partial charge is 0.314 e. The van der Waals surface area contributed by atoms with Crippen LogP contribution in [0.3, 0.4) is 0 Å². The number of carbonyl (C=O) groups is 1. The van der Waals surface area contributed by atoms with Gasteiger partial charge in [0.25, 0.3) is 0 Å². The highest BCUT2D eigenvalue weighted by Crippen LogP contribution is 2.39. The van der Waals surface area contributed by atoms with E-state index in [1.54, 1.807) is 0 Å². The molecule has 88 valence electrons. The minimum Gasteiger partial charge on any atom is -0.465 e. The molecular weight excluding hydrogens is 190 g/mol. The molecule has 0 radical (unpaired) electrons. The van der Waals surface area contributed by atoms with Gasteiger partial charge in [0.15, 0.2) is 0 Å².